The predicted molar refractivity (Wildman–Crippen MR) is 108 cm³/mol. The fraction of sp³-hybridized carbons (Fsp3) is 0.895. The van der Waals surface area contributed by atoms with Crippen molar-refractivity contribution in [1.82, 2.24) is 15.5 Å². The van der Waals surface area contributed by atoms with Gasteiger partial charge in [0.05, 0.1) is 6.54 Å². The van der Waals surface area contributed by atoms with Crippen LogP contribution in [-0.4, -0.2) is 60.0 Å². The van der Waals surface area contributed by atoms with Crippen LogP contribution in [-0.2, 0) is 4.79 Å². The first-order valence-electron chi connectivity index (χ1n) is 9.84. The van der Waals surface area contributed by atoms with Gasteiger partial charge < -0.3 is 15.5 Å². The summed E-state index contributed by atoms with van der Waals surface area (Å²) in [6, 6.07) is 0.308. The molecule has 0 aromatic carbocycles. The van der Waals surface area contributed by atoms with E-state index in [-0.39, 0.29) is 10.7 Å². The van der Waals surface area contributed by atoms with Crippen molar-refractivity contribution in [3.05, 3.63) is 0 Å². The molecule has 1 atom stereocenters. The van der Waals surface area contributed by atoms with Crippen LogP contribution >= 0.6 is 11.8 Å². The highest BCUT2D eigenvalue weighted by Crippen LogP contribution is 2.27. The zero-order valence-corrected chi connectivity index (χ0v) is 17.3. The Morgan fingerprint density at radius 2 is 1.96 bits per heavy atom. The van der Waals surface area contributed by atoms with E-state index in [0.717, 1.165) is 51.4 Å². The molecule has 2 rings (SSSR count). The van der Waals surface area contributed by atoms with E-state index in [1.807, 2.05) is 11.8 Å². The Hall–Kier alpha value is -0.910. The molecule has 25 heavy (non-hydrogen) atoms. The summed E-state index contributed by atoms with van der Waals surface area (Å²) < 4.78 is 0.140. The Morgan fingerprint density at radius 3 is 2.60 bits per heavy atom. The number of hydrogen-bond acceptors (Lipinski definition) is 3. The van der Waals surface area contributed by atoms with Crippen LogP contribution in [0.3, 0.4) is 0 Å². The molecule has 0 bridgehead atoms. The molecule has 1 unspecified atom stereocenters. The van der Waals surface area contributed by atoms with Gasteiger partial charge in [-0.25, -0.2) is 0 Å². The highest BCUT2D eigenvalue weighted by atomic mass is 32.2. The quantitative estimate of drug-likeness (QED) is 0.559. The molecule has 2 fully saturated rings. The molecule has 6 heteroatoms. The largest absolute Gasteiger partial charge is 0.357 e. The van der Waals surface area contributed by atoms with Gasteiger partial charge in [0.2, 0.25) is 5.91 Å². The molecule has 1 aliphatic heterocycles. The lowest BCUT2D eigenvalue weighted by atomic mass is 9.88. The van der Waals surface area contributed by atoms with E-state index in [2.05, 4.69) is 42.6 Å². The molecule has 5 nitrogen and oxygen atoms in total. The minimum Gasteiger partial charge on any atom is -0.357 e. The number of guanidine groups is 1. The molecule has 0 radical (unpaired) electrons. The smallest absolute Gasteiger partial charge is 0.225 e. The van der Waals surface area contributed by atoms with Crippen LogP contribution in [0.4, 0.5) is 0 Å². The third kappa shape index (κ3) is 6.39. The third-order valence-corrected chi connectivity index (χ3v) is 6.54. The predicted octanol–water partition coefficient (Wildman–Crippen LogP) is 2.86. The number of hydrogen-bond donors (Lipinski definition) is 2. The van der Waals surface area contributed by atoms with Gasteiger partial charge in [-0.2, -0.15) is 11.8 Å². The number of nitrogens with zero attached hydrogens (tertiary/aromatic N) is 2. The number of rotatable bonds is 6. The second kappa shape index (κ2) is 9.70. The summed E-state index contributed by atoms with van der Waals surface area (Å²) in [7, 11) is 0. The highest BCUT2D eigenvalue weighted by Gasteiger charge is 2.31. The summed E-state index contributed by atoms with van der Waals surface area (Å²) in [5.41, 5.74) is 0. The maximum atomic E-state index is 12.7. The summed E-state index contributed by atoms with van der Waals surface area (Å²) in [5.74, 6) is 1.54. The van der Waals surface area contributed by atoms with E-state index in [9.17, 15) is 4.79 Å². The van der Waals surface area contributed by atoms with Gasteiger partial charge in [0.15, 0.2) is 5.96 Å². The maximum absolute atomic E-state index is 12.7. The van der Waals surface area contributed by atoms with Gasteiger partial charge in [0.25, 0.3) is 0 Å². The van der Waals surface area contributed by atoms with E-state index in [4.69, 9.17) is 4.99 Å². The number of carbonyl (C=O) groups excluding carboxylic acids is 1. The topological polar surface area (TPSA) is 56.7 Å². The van der Waals surface area contributed by atoms with E-state index in [1.54, 1.807) is 0 Å². The maximum Gasteiger partial charge on any atom is 0.225 e. The van der Waals surface area contributed by atoms with Crippen LogP contribution in [0.15, 0.2) is 4.99 Å². The lowest BCUT2D eigenvalue weighted by Crippen LogP contribution is -2.46. The number of amides is 1. The van der Waals surface area contributed by atoms with E-state index < -0.39 is 0 Å². The number of aliphatic imine (C=N–C) groups is 1. The number of likely N-dealkylation sites (tertiary alicyclic amines) is 1. The number of nitrogens with one attached hydrogen (secondary N) is 2. The Balaban J connectivity index is 1.86. The summed E-state index contributed by atoms with van der Waals surface area (Å²) in [6.07, 6.45) is 9.03. The van der Waals surface area contributed by atoms with E-state index in [1.165, 1.54) is 19.3 Å². The molecule has 1 heterocycles. The fourth-order valence-electron chi connectivity index (χ4n) is 3.53. The van der Waals surface area contributed by atoms with Gasteiger partial charge in [-0.3, -0.25) is 9.79 Å². The Morgan fingerprint density at radius 1 is 1.24 bits per heavy atom. The van der Waals surface area contributed by atoms with Crippen LogP contribution in [0.5, 0.6) is 0 Å². The summed E-state index contributed by atoms with van der Waals surface area (Å²) in [5, 5.41) is 6.88. The average molecular weight is 369 g/mol. The van der Waals surface area contributed by atoms with Gasteiger partial charge in [-0.05, 0) is 46.3 Å². The number of carbonyl (C=O) groups is 1. The molecule has 0 aromatic rings. The van der Waals surface area contributed by atoms with Crippen LogP contribution in [0.25, 0.3) is 0 Å². The van der Waals surface area contributed by atoms with Crippen molar-refractivity contribution in [3.63, 3.8) is 0 Å². The second-order valence-electron chi connectivity index (χ2n) is 7.91. The molecule has 1 saturated carbocycles. The summed E-state index contributed by atoms with van der Waals surface area (Å²) in [4.78, 5) is 19.5. The molecule has 2 N–H and O–H groups in total. The average Bonchev–Trinajstić information content (AvgIpc) is 3.08. The van der Waals surface area contributed by atoms with Crippen molar-refractivity contribution in [2.45, 2.75) is 70.1 Å². The molecule has 0 spiro atoms. The Kier molecular flexibility index (Phi) is 7.91. The molecule has 0 aromatic heterocycles. The molecule has 1 aliphatic carbocycles. The molecule has 144 valence electrons. The van der Waals surface area contributed by atoms with Crippen molar-refractivity contribution < 1.29 is 4.79 Å². The Bertz CT molecular complexity index is 460. The van der Waals surface area contributed by atoms with Crippen molar-refractivity contribution in [3.8, 4) is 0 Å². The minimum atomic E-state index is 0.140. The van der Waals surface area contributed by atoms with E-state index >= 15 is 0 Å². The second-order valence-corrected chi connectivity index (χ2v) is 9.42. The van der Waals surface area contributed by atoms with Crippen molar-refractivity contribution in [1.29, 1.82) is 0 Å². The lowest BCUT2D eigenvalue weighted by molar-refractivity contribution is -0.135. The van der Waals surface area contributed by atoms with Crippen molar-refractivity contribution in [2.75, 3.05) is 32.4 Å². The molecular weight excluding hydrogens is 332 g/mol. The zero-order chi connectivity index (χ0) is 18.3. The molecular formula is C19H36N4OS. The standard InChI is InChI=1S/C19H36N4OS/c1-5-20-18(21-14-19(2,3)25-4)22-16-11-12-23(13-16)17(24)15-9-7-6-8-10-15/h15-16H,5-14H2,1-4H3,(H2,20,21,22). The fourth-order valence-corrected chi connectivity index (χ4v) is 3.73. The first kappa shape index (κ1) is 20.4. The van der Waals surface area contributed by atoms with Crippen molar-refractivity contribution in [2.24, 2.45) is 10.9 Å². The van der Waals surface area contributed by atoms with Crippen LogP contribution in [0.2, 0.25) is 0 Å². The first-order chi connectivity index (χ1) is 11.9. The minimum absolute atomic E-state index is 0.140. The van der Waals surface area contributed by atoms with Gasteiger partial charge in [0, 0.05) is 36.3 Å². The lowest BCUT2D eigenvalue weighted by Gasteiger charge is -2.26. The van der Waals surface area contributed by atoms with Crippen LogP contribution < -0.4 is 10.6 Å². The van der Waals surface area contributed by atoms with E-state index in [0.29, 0.717) is 11.9 Å². The highest BCUT2D eigenvalue weighted by molar-refractivity contribution is 7.99. The van der Waals surface area contributed by atoms with Gasteiger partial charge in [-0.15, -0.1) is 0 Å². The zero-order valence-electron chi connectivity index (χ0n) is 16.4. The first-order valence-corrected chi connectivity index (χ1v) is 11.1. The molecule has 1 amide bonds. The summed E-state index contributed by atoms with van der Waals surface area (Å²) >= 11 is 1.83. The normalized spacial score (nSPS) is 23.0. The number of thioether (sulfide) groups is 1. The van der Waals surface area contributed by atoms with Gasteiger partial charge in [-0.1, -0.05) is 19.3 Å². The molecule has 2 aliphatic rings. The van der Waals surface area contributed by atoms with Gasteiger partial charge >= 0.3 is 0 Å². The van der Waals surface area contributed by atoms with Crippen LogP contribution in [0.1, 0.15) is 59.3 Å². The Labute approximate surface area is 157 Å². The third-order valence-electron chi connectivity index (χ3n) is 5.31. The summed E-state index contributed by atoms with van der Waals surface area (Å²) in [6.45, 7) is 9.83. The van der Waals surface area contributed by atoms with Crippen LogP contribution in [0, 0.1) is 5.92 Å². The van der Waals surface area contributed by atoms with Gasteiger partial charge in [0.1, 0.15) is 0 Å². The van der Waals surface area contributed by atoms with Crippen molar-refractivity contribution >= 4 is 23.6 Å². The SMILES string of the molecule is CCNC(=NCC(C)(C)SC)NC1CCN(C(=O)C2CCCCC2)C1. The monoisotopic (exact) mass is 368 g/mol. The molecule has 1 saturated heterocycles.